The quantitative estimate of drug-likeness (QED) is 0.730. The molecule has 0 aliphatic heterocycles. The molecule has 2 aromatic carbocycles. The van der Waals surface area contributed by atoms with Crippen LogP contribution in [0.5, 0.6) is 5.75 Å². The third-order valence-corrected chi connectivity index (χ3v) is 3.77. The number of hydrogen-bond acceptors (Lipinski definition) is 2. The Balaban J connectivity index is 0.00000220. The summed E-state index contributed by atoms with van der Waals surface area (Å²) in [6, 6.07) is 13.9. The summed E-state index contributed by atoms with van der Waals surface area (Å²) in [6.07, 6.45) is 0. The molecule has 0 saturated carbocycles. The predicted molar refractivity (Wildman–Crippen MR) is 94.6 cm³/mol. The maximum Gasteiger partial charge on any atom is 0.123 e. The van der Waals surface area contributed by atoms with Crippen molar-refractivity contribution in [3.8, 4) is 5.75 Å². The number of nitrogens with one attached hydrogen (secondary N) is 1. The Kier molecular flexibility index (Phi) is 8.12. The van der Waals surface area contributed by atoms with Crippen molar-refractivity contribution < 1.29 is 4.74 Å². The number of rotatable bonds is 6. The number of ether oxygens (including phenoxy) is 1. The van der Waals surface area contributed by atoms with E-state index in [0.29, 0.717) is 6.61 Å². The third kappa shape index (κ3) is 5.51. The average molecular weight is 391 g/mol. The van der Waals surface area contributed by atoms with Gasteiger partial charge in [-0.15, -0.1) is 12.4 Å². The lowest BCUT2D eigenvalue weighted by Gasteiger charge is -2.12. The van der Waals surface area contributed by atoms with Gasteiger partial charge in [0.1, 0.15) is 5.75 Å². The zero-order valence-corrected chi connectivity index (χ0v) is 14.9. The van der Waals surface area contributed by atoms with Gasteiger partial charge >= 0.3 is 0 Å². The summed E-state index contributed by atoms with van der Waals surface area (Å²) in [5, 5.41) is 4.19. The van der Waals surface area contributed by atoms with Crippen LogP contribution in [-0.4, -0.2) is 6.61 Å². The summed E-state index contributed by atoms with van der Waals surface area (Å²) in [5.74, 6) is 0.919. The van der Waals surface area contributed by atoms with Crippen molar-refractivity contribution >= 4 is 39.9 Å². The van der Waals surface area contributed by atoms with Crippen LogP contribution in [0.2, 0.25) is 5.02 Å². The van der Waals surface area contributed by atoms with Crippen molar-refractivity contribution in [2.45, 2.75) is 20.0 Å². The summed E-state index contributed by atoms with van der Waals surface area (Å²) in [5.41, 5.74) is 2.23. The Morgan fingerprint density at radius 1 is 1.10 bits per heavy atom. The lowest BCUT2D eigenvalue weighted by atomic mass is 10.2. The van der Waals surface area contributed by atoms with Gasteiger partial charge in [-0.3, -0.25) is 0 Å². The fourth-order valence-corrected chi connectivity index (χ4v) is 2.57. The molecule has 0 aliphatic rings. The van der Waals surface area contributed by atoms with E-state index >= 15 is 0 Å². The molecule has 2 aromatic rings. The molecule has 114 valence electrons. The first kappa shape index (κ1) is 18.3. The number of halogens is 3. The van der Waals surface area contributed by atoms with Crippen molar-refractivity contribution in [2.24, 2.45) is 0 Å². The molecule has 2 nitrogen and oxygen atoms in total. The minimum atomic E-state index is 0. The van der Waals surface area contributed by atoms with Crippen LogP contribution < -0.4 is 10.1 Å². The van der Waals surface area contributed by atoms with E-state index in [2.05, 4.69) is 27.3 Å². The van der Waals surface area contributed by atoms with E-state index in [1.165, 1.54) is 0 Å². The largest absolute Gasteiger partial charge is 0.494 e. The normalized spacial score (nSPS) is 10.0. The van der Waals surface area contributed by atoms with Crippen LogP contribution >= 0.6 is 39.9 Å². The molecule has 0 atom stereocenters. The molecule has 0 radical (unpaired) electrons. The molecule has 2 rings (SSSR count). The van der Waals surface area contributed by atoms with Crippen LogP contribution in [0.3, 0.4) is 0 Å². The fraction of sp³-hybridized carbons (Fsp3) is 0.250. The summed E-state index contributed by atoms with van der Waals surface area (Å²) in [7, 11) is 0. The Labute approximate surface area is 145 Å². The average Bonchev–Trinajstić information content (AvgIpc) is 2.44. The van der Waals surface area contributed by atoms with E-state index in [1.807, 2.05) is 43.3 Å². The van der Waals surface area contributed by atoms with Crippen molar-refractivity contribution in [3.05, 3.63) is 63.1 Å². The fourth-order valence-electron chi connectivity index (χ4n) is 1.96. The number of benzene rings is 2. The maximum atomic E-state index is 6.14. The first-order valence-corrected chi connectivity index (χ1v) is 7.73. The van der Waals surface area contributed by atoms with E-state index in [1.54, 1.807) is 0 Å². The summed E-state index contributed by atoms with van der Waals surface area (Å²) >= 11 is 9.63. The van der Waals surface area contributed by atoms with Gasteiger partial charge in [-0.05, 0) is 36.8 Å². The Hall–Kier alpha value is -0.740. The van der Waals surface area contributed by atoms with E-state index < -0.39 is 0 Å². The molecule has 21 heavy (non-hydrogen) atoms. The van der Waals surface area contributed by atoms with Gasteiger partial charge in [-0.25, -0.2) is 0 Å². The van der Waals surface area contributed by atoms with Crippen LogP contribution in [-0.2, 0) is 13.1 Å². The van der Waals surface area contributed by atoms with Crippen LogP contribution in [0.4, 0.5) is 0 Å². The van der Waals surface area contributed by atoms with Crippen LogP contribution in [0.15, 0.2) is 46.9 Å². The highest BCUT2D eigenvalue weighted by molar-refractivity contribution is 9.10. The van der Waals surface area contributed by atoms with Gasteiger partial charge in [0.05, 0.1) is 6.61 Å². The zero-order valence-electron chi connectivity index (χ0n) is 11.7. The topological polar surface area (TPSA) is 21.3 Å². The Bertz CT molecular complexity index is 578. The minimum absolute atomic E-state index is 0. The molecular weight excluding hydrogens is 373 g/mol. The zero-order chi connectivity index (χ0) is 14.4. The van der Waals surface area contributed by atoms with Gasteiger partial charge in [0.15, 0.2) is 0 Å². The molecule has 0 aliphatic carbocycles. The second kappa shape index (κ2) is 9.31. The standard InChI is InChI=1S/C16H17BrClNO.ClH/c1-2-20-16-8-7-14(17)9-13(16)11-19-10-12-5-3-4-6-15(12)18;/h3-9,19H,2,10-11H2,1H3;1H. The number of hydrogen-bond donors (Lipinski definition) is 1. The maximum absolute atomic E-state index is 6.14. The first-order chi connectivity index (χ1) is 9.70. The lowest BCUT2D eigenvalue weighted by Crippen LogP contribution is -2.14. The van der Waals surface area contributed by atoms with Gasteiger partial charge < -0.3 is 10.1 Å². The summed E-state index contributed by atoms with van der Waals surface area (Å²) in [4.78, 5) is 0. The second-order valence-electron chi connectivity index (χ2n) is 4.38. The van der Waals surface area contributed by atoms with Crippen molar-refractivity contribution in [1.82, 2.24) is 5.32 Å². The molecule has 0 saturated heterocycles. The van der Waals surface area contributed by atoms with Crippen molar-refractivity contribution in [1.29, 1.82) is 0 Å². The molecule has 0 aromatic heterocycles. The highest BCUT2D eigenvalue weighted by Gasteiger charge is 2.05. The Morgan fingerprint density at radius 2 is 1.81 bits per heavy atom. The molecule has 0 amide bonds. The highest BCUT2D eigenvalue weighted by Crippen LogP contribution is 2.23. The van der Waals surface area contributed by atoms with E-state index in [0.717, 1.165) is 39.5 Å². The first-order valence-electron chi connectivity index (χ1n) is 6.56. The van der Waals surface area contributed by atoms with E-state index in [9.17, 15) is 0 Å². The van der Waals surface area contributed by atoms with Gasteiger partial charge in [0, 0.05) is 28.1 Å². The summed E-state index contributed by atoms with van der Waals surface area (Å²) < 4.78 is 6.68. The van der Waals surface area contributed by atoms with Crippen LogP contribution in [0.25, 0.3) is 0 Å². The van der Waals surface area contributed by atoms with E-state index in [4.69, 9.17) is 16.3 Å². The smallest absolute Gasteiger partial charge is 0.123 e. The van der Waals surface area contributed by atoms with Gasteiger partial charge in [-0.2, -0.15) is 0 Å². The molecule has 1 N–H and O–H groups in total. The minimum Gasteiger partial charge on any atom is -0.494 e. The Morgan fingerprint density at radius 3 is 2.52 bits per heavy atom. The van der Waals surface area contributed by atoms with Gasteiger partial charge in [0.25, 0.3) is 0 Å². The monoisotopic (exact) mass is 389 g/mol. The summed E-state index contributed by atoms with van der Waals surface area (Å²) in [6.45, 7) is 4.12. The molecular formula is C16H18BrCl2NO. The van der Waals surface area contributed by atoms with E-state index in [-0.39, 0.29) is 12.4 Å². The predicted octanol–water partition coefficient (Wildman–Crippen LogP) is 5.21. The van der Waals surface area contributed by atoms with Gasteiger partial charge in [0.2, 0.25) is 0 Å². The second-order valence-corrected chi connectivity index (χ2v) is 5.70. The molecule has 0 unspecified atom stereocenters. The van der Waals surface area contributed by atoms with Gasteiger partial charge in [-0.1, -0.05) is 45.7 Å². The highest BCUT2D eigenvalue weighted by atomic mass is 79.9. The molecule has 0 heterocycles. The molecule has 5 heteroatoms. The lowest BCUT2D eigenvalue weighted by molar-refractivity contribution is 0.335. The van der Waals surface area contributed by atoms with Crippen molar-refractivity contribution in [3.63, 3.8) is 0 Å². The SMILES string of the molecule is CCOc1ccc(Br)cc1CNCc1ccccc1Cl.Cl. The van der Waals surface area contributed by atoms with Crippen LogP contribution in [0.1, 0.15) is 18.1 Å². The third-order valence-electron chi connectivity index (χ3n) is 2.91. The molecule has 0 fully saturated rings. The van der Waals surface area contributed by atoms with Crippen LogP contribution in [0, 0.1) is 0 Å². The molecule has 0 spiro atoms. The van der Waals surface area contributed by atoms with Crippen molar-refractivity contribution in [2.75, 3.05) is 6.61 Å². The molecule has 0 bridgehead atoms.